The molecule has 0 saturated heterocycles. The Labute approximate surface area is 195 Å². The van der Waals surface area contributed by atoms with E-state index in [0.29, 0.717) is 0 Å². The highest BCUT2D eigenvalue weighted by atomic mass is 16.5. The van der Waals surface area contributed by atoms with E-state index in [0.717, 1.165) is 22.3 Å². The highest BCUT2D eigenvalue weighted by molar-refractivity contribution is 5.94. The zero-order valence-corrected chi connectivity index (χ0v) is 18.7. The number of hydrogen-bond donors (Lipinski definition) is 4. The van der Waals surface area contributed by atoms with Gasteiger partial charge in [0.2, 0.25) is 5.82 Å². The van der Waals surface area contributed by atoms with Crippen molar-refractivity contribution >= 4 is 23.9 Å². The van der Waals surface area contributed by atoms with Gasteiger partial charge in [0.05, 0.1) is 0 Å². The van der Waals surface area contributed by atoms with Crippen LogP contribution in [0.5, 0.6) is 0 Å². The van der Waals surface area contributed by atoms with Crippen molar-refractivity contribution in [1.29, 1.82) is 0 Å². The number of carbonyl (C=O) groups excluding carboxylic acids is 2. The Kier molecular flexibility index (Phi) is 6.58. The molecule has 0 aliphatic heterocycles. The van der Waals surface area contributed by atoms with Gasteiger partial charge in [-0.3, -0.25) is 15.2 Å². The van der Waals surface area contributed by atoms with Gasteiger partial charge in [-0.15, -0.1) is 5.10 Å². The first kappa shape index (κ1) is 23.0. The average molecular weight is 463 g/mol. The number of fused-ring (bicyclic) bond motifs is 3. The summed E-state index contributed by atoms with van der Waals surface area (Å²) in [4.78, 5) is 39.9. The first-order valence-corrected chi connectivity index (χ1v) is 10.9. The molecule has 2 amide bonds. The van der Waals surface area contributed by atoms with Gasteiger partial charge < -0.3 is 15.2 Å². The predicted molar refractivity (Wildman–Crippen MR) is 123 cm³/mol. The van der Waals surface area contributed by atoms with Crippen LogP contribution >= 0.6 is 0 Å². The van der Waals surface area contributed by atoms with Crippen molar-refractivity contribution < 1.29 is 24.2 Å². The maximum absolute atomic E-state index is 12.4. The normalized spacial score (nSPS) is 13.1. The molecule has 176 valence electrons. The number of aromatic amines is 1. The average Bonchev–Trinajstić information content (AvgIpc) is 3.39. The standard InChI is InChI=1S/C24H25N5O5/c1-13(2)11-19(22(31)32)25-21(30)20-26-23(29-28-20)27-24(33)34-12-18-16-9-5-3-7-14(16)15-8-4-6-10-17(15)18/h3-10,13,18-19H,11-12H2,1-2H3,(H,25,30)(H,31,32)(H2,26,27,28,29,33). The van der Waals surface area contributed by atoms with E-state index in [1.807, 2.05) is 62.4 Å². The van der Waals surface area contributed by atoms with Crippen molar-refractivity contribution in [2.24, 2.45) is 5.92 Å². The van der Waals surface area contributed by atoms with Gasteiger partial charge in [-0.1, -0.05) is 62.4 Å². The molecule has 0 radical (unpaired) electrons. The second kappa shape index (κ2) is 9.74. The van der Waals surface area contributed by atoms with E-state index in [1.54, 1.807) is 0 Å². The van der Waals surface area contributed by atoms with Crippen molar-refractivity contribution in [2.75, 3.05) is 11.9 Å². The number of ether oxygens (including phenoxy) is 1. The Balaban J connectivity index is 1.36. The predicted octanol–water partition coefficient (Wildman–Crippen LogP) is 3.39. The van der Waals surface area contributed by atoms with Gasteiger partial charge in [0.15, 0.2) is 0 Å². The van der Waals surface area contributed by atoms with E-state index in [2.05, 4.69) is 25.8 Å². The molecule has 34 heavy (non-hydrogen) atoms. The van der Waals surface area contributed by atoms with Gasteiger partial charge in [-0.2, -0.15) is 4.98 Å². The molecule has 1 unspecified atom stereocenters. The molecule has 0 bridgehead atoms. The molecule has 1 atom stereocenters. The number of amides is 2. The van der Waals surface area contributed by atoms with Crippen LogP contribution in [0.15, 0.2) is 48.5 Å². The highest BCUT2D eigenvalue weighted by Gasteiger charge is 2.29. The van der Waals surface area contributed by atoms with E-state index < -0.39 is 24.0 Å². The summed E-state index contributed by atoms with van der Waals surface area (Å²) < 4.78 is 5.43. The van der Waals surface area contributed by atoms with Gasteiger partial charge in [0.1, 0.15) is 12.6 Å². The van der Waals surface area contributed by atoms with Crippen LogP contribution in [0.1, 0.15) is 47.9 Å². The van der Waals surface area contributed by atoms with Crippen LogP contribution in [-0.2, 0) is 9.53 Å². The zero-order chi connectivity index (χ0) is 24.2. The third kappa shape index (κ3) is 4.90. The second-order valence-electron chi connectivity index (χ2n) is 8.45. The number of carbonyl (C=O) groups is 3. The summed E-state index contributed by atoms with van der Waals surface area (Å²) in [6.07, 6.45) is -0.504. The number of anilines is 1. The molecule has 10 nitrogen and oxygen atoms in total. The van der Waals surface area contributed by atoms with E-state index in [-0.39, 0.29) is 36.6 Å². The van der Waals surface area contributed by atoms with Crippen molar-refractivity contribution in [3.8, 4) is 11.1 Å². The monoisotopic (exact) mass is 463 g/mol. The minimum atomic E-state index is -1.14. The lowest BCUT2D eigenvalue weighted by Crippen LogP contribution is -2.42. The van der Waals surface area contributed by atoms with Crippen LogP contribution < -0.4 is 10.6 Å². The SMILES string of the molecule is CC(C)CC(NC(=O)c1nc(NC(=O)OCC2c3ccccc3-c3ccccc32)n[nH]1)C(=O)O. The lowest BCUT2D eigenvalue weighted by atomic mass is 9.98. The summed E-state index contributed by atoms with van der Waals surface area (Å²) in [6, 6.07) is 14.9. The lowest BCUT2D eigenvalue weighted by molar-refractivity contribution is -0.139. The van der Waals surface area contributed by atoms with Gasteiger partial charge in [0.25, 0.3) is 11.9 Å². The molecule has 1 aliphatic rings. The van der Waals surface area contributed by atoms with Crippen molar-refractivity contribution in [2.45, 2.75) is 32.2 Å². The van der Waals surface area contributed by atoms with E-state index in [1.165, 1.54) is 0 Å². The Morgan fingerprint density at radius 3 is 2.26 bits per heavy atom. The summed E-state index contributed by atoms with van der Waals surface area (Å²) in [5.41, 5.74) is 4.41. The highest BCUT2D eigenvalue weighted by Crippen LogP contribution is 2.44. The number of hydrogen-bond acceptors (Lipinski definition) is 6. The third-order valence-corrected chi connectivity index (χ3v) is 5.57. The molecular weight excluding hydrogens is 438 g/mol. The zero-order valence-electron chi connectivity index (χ0n) is 18.7. The van der Waals surface area contributed by atoms with Crippen LogP contribution in [0.4, 0.5) is 10.7 Å². The number of nitrogens with zero attached hydrogens (tertiary/aromatic N) is 2. The number of carboxylic acid groups (broad SMARTS) is 1. The number of aliphatic carboxylic acids is 1. The van der Waals surface area contributed by atoms with Crippen LogP contribution in [0.2, 0.25) is 0 Å². The molecule has 0 saturated carbocycles. The number of H-pyrrole nitrogens is 1. The molecule has 0 fully saturated rings. The Morgan fingerprint density at radius 2 is 1.68 bits per heavy atom. The van der Waals surface area contributed by atoms with E-state index in [4.69, 9.17) is 4.74 Å². The number of rotatable bonds is 8. The fourth-order valence-electron chi connectivity index (χ4n) is 4.06. The molecule has 2 aromatic carbocycles. The molecule has 4 N–H and O–H groups in total. The van der Waals surface area contributed by atoms with Gasteiger partial charge >= 0.3 is 12.1 Å². The van der Waals surface area contributed by atoms with Gasteiger partial charge in [0, 0.05) is 5.92 Å². The number of carboxylic acids is 1. The van der Waals surface area contributed by atoms with Crippen molar-refractivity contribution in [1.82, 2.24) is 20.5 Å². The van der Waals surface area contributed by atoms with Crippen LogP contribution in [0.3, 0.4) is 0 Å². The maximum Gasteiger partial charge on any atom is 0.414 e. The topological polar surface area (TPSA) is 146 Å². The Morgan fingerprint density at radius 1 is 1.06 bits per heavy atom. The van der Waals surface area contributed by atoms with Crippen molar-refractivity contribution in [3.05, 3.63) is 65.5 Å². The van der Waals surface area contributed by atoms with Crippen molar-refractivity contribution in [3.63, 3.8) is 0 Å². The smallest absolute Gasteiger partial charge is 0.414 e. The van der Waals surface area contributed by atoms with Crippen LogP contribution in [0, 0.1) is 5.92 Å². The second-order valence-corrected chi connectivity index (χ2v) is 8.45. The first-order chi connectivity index (χ1) is 16.3. The van der Waals surface area contributed by atoms with Crippen LogP contribution in [0.25, 0.3) is 11.1 Å². The van der Waals surface area contributed by atoms with E-state index in [9.17, 15) is 19.5 Å². The third-order valence-electron chi connectivity index (χ3n) is 5.57. The van der Waals surface area contributed by atoms with Gasteiger partial charge in [-0.05, 0) is 34.6 Å². The molecule has 1 aromatic heterocycles. The number of benzene rings is 2. The Bertz CT molecular complexity index is 1180. The Hall–Kier alpha value is -4.21. The molecule has 1 aliphatic carbocycles. The van der Waals surface area contributed by atoms with Crippen LogP contribution in [-0.4, -0.2) is 50.9 Å². The molecule has 1 heterocycles. The first-order valence-electron chi connectivity index (χ1n) is 10.9. The maximum atomic E-state index is 12.4. The molecule has 3 aromatic rings. The quantitative estimate of drug-likeness (QED) is 0.400. The summed E-state index contributed by atoms with van der Waals surface area (Å²) in [5, 5.41) is 20.2. The minimum Gasteiger partial charge on any atom is -0.480 e. The fourth-order valence-corrected chi connectivity index (χ4v) is 4.06. The number of nitrogens with one attached hydrogen (secondary N) is 3. The molecule has 10 heteroatoms. The minimum absolute atomic E-state index is 0.0712. The number of aromatic nitrogens is 3. The summed E-state index contributed by atoms with van der Waals surface area (Å²) in [6.45, 7) is 3.83. The van der Waals surface area contributed by atoms with E-state index >= 15 is 0 Å². The summed E-state index contributed by atoms with van der Waals surface area (Å²) >= 11 is 0. The fraction of sp³-hybridized carbons (Fsp3) is 0.292. The summed E-state index contributed by atoms with van der Waals surface area (Å²) in [5.74, 6) is -2.27. The molecular formula is C24H25N5O5. The molecule has 4 rings (SSSR count). The largest absolute Gasteiger partial charge is 0.480 e. The van der Waals surface area contributed by atoms with Gasteiger partial charge in [-0.25, -0.2) is 9.59 Å². The lowest BCUT2D eigenvalue weighted by Gasteiger charge is -2.15. The summed E-state index contributed by atoms with van der Waals surface area (Å²) in [7, 11) is 0. The molecule has 0 spiro atoms.